The van der Waals surface area contributed by atoms with Crippen LogP contribution in [0.25, 0.3) is 6.08 Å². The van der Waals surface area contributed by atoms with Crippen LogP contribution in [0.15, 0.2) is 77.4 Å². The van der Waals surface area contributed by atoms with E-state index in [1.165, 1.54) is 0 Å². The number of ether oxygens (including phenoxy) is 3. The van der Waals surface area contributed by atoms with Gasteiger partial charge in [0.25, 0.3) is 5.91 Å². The average Bonchev–Trinajstić information content (AvgIpc) is 3.16. The fourth-order valence-corrected chi connectivity index (χ4v) is 3.62. The van der Waals surface area contributed by atoms with Crippen molar-refractivity contribution in [3.63, 3.8) is 0 Å². The SMILES string of the molecule is CCOc1ccc(N2C(=O)/C(=C\c3ccc(OC)cc3OC)N=C2c2ccc(Cl)cc2)cc1. The van der Waals surface area contributed by atoms with E-state index in [0.29, 0.717) is 34.7 Å². The van der Waals surface area contributed by atoms with Crippen molar-refractivity contribution in [2.45, 2.75) is 6.92 Å². The van der Waals surface area contributed by atoms with Crippen LogP contribution in [0.4, 0.5) is 5.69 Å². The highest BCUT2D eigenvalue weighted by Gasteiger charge is 2.32. The van der Waals surface area contributed by atoms with Gasteiger partial charge in [0.05, 0.1) is 26.5 Å². The fourth-order valence-electron chi connectivity index (χ4n) is 3.49. The molecule has 0 spiro atoms. The predicted molar refractivity (Wildman–Crippen MR) is 131 cm³/mol. The van der Waals surface area contributed by atoms with Gasteiger partial charge in [-0.2, -0.15) is 0 Å². The summed E-state index contributed by atoms with van der Waals surface area (Å²) >= 11 is 6.07. The summed E-state index contributed by atoms with van der Waals surface area (Å²) in [5.74, 6) is 2.24. The lowest BCUT2D eigenvalue weighted by molar-refractivity contribution is -0.113. The standard InChI is InChI=1S/C26H23ClN2O4/c1-4-33-21-13-10-20(11-14-21)29-25(17-5-8-19(27)9-6-17)28-23(26(29)30)15-18-7-12-22(31-2)16-24(18)32-3/h5-16H,4H2,1-3H3/b23-15+. The van der Waals surface area contributed by atoms with Crippen LogP contribution in [-0.4, -0.2) is 32.6 Å². The molecule has 0 saturated heterocycles. The molecule has 0 fully saturated rings. The normalized spacial score (nSPS) is 14.4. The Hall–Kier alpha value is -3.77. The maximum Gasteiger partial charge on any atom is 0.282 e. The summed E-state index contributed by atoms with van der Waals surface area (Å²) in [7, 11) is 3.16. The molecule has 168 valence electrons. The largest absolute Gasteiger partial charge is 0.497 e. The predicted octanol–water partition coefficient (Wildman–Crippen LogP) is 5.59. The molecule has 0 bridgehead atoms. The Labute approximate surface area is 197 Å². The minimum Gasteiger partial charge on any atom is -0.497 e. The number of halogens is 1. The number of rotatable bonds is 7. The first-order valence-electron chi connectivity index (χ1n) is 10.4. The first kappa shape index (κ1) is 22.4. The number of aliphatic imine (C=N–C) groups is 1. The highest BCUT2D eigenvalue weighted by atomic mass is 35.5. The quantitative estimate of drug-likeness (QED) is 0.429. The molecule has 1 heterocycles. The third-order valence-electron chi connectivity index (χ3n) is 5.10. The molecule has 3 aromatic carbocycles. The number of nitrogens with zero attached hydrogens (tertiary/aromatic N) is 2. The molecule has 1 aliphatic rings. The minimum atomic E-state index is -0.248. The third-order valence-corrected chi connectivity index (χ3v) is 5.35. The number of benzene rings is 3. The number of hydrogen-bond donors (Lipinski definition) is 0. The first-order chi connectivity index (χ1) is 16.0. The molecule has 1 amide bonds. The molecule has 7 heteroatoms. The second kappa shape index (κ2) is 9.79. The highest BCUT2D eigenvalue weighted by Crippen LogP contribution is 2.32. The maximum absolute atomic E-state index is 13.5. The maximum atomic E-state index is 13.5. The molecule has 4 rings (SSSR count). The van der Waals surface area contributed by atoms with E-state index in [9.17, 15) is 4.79 Å². The lowest BCUT2D eigenvalue weighted by Gasteiger charge is -2.19. The Bertz CT molecular complexity index is 1220. The van der Waals surface area contributed by atoms with E-state index in [1.54, 1.807) is 43.4 Å². The third kappa shape index (κ3) is 4.71. The van der Waals surface area contributed by atoms with Gasteiger partial charge in [0, 0.05) is 22.2 Å². The van der Waals surface area contributed by atoms with Gasteiger partial charge in [-0.25, -0.2) is 4.99 Å². The Morgan fingerprint density at radius 2 is 1.64 bits per heavy atom. The lowest BCUT2D eigenvalue weighted by atomic mass is 10.1. The van der Waals surface area contributed by atoms with E-state index in [0.717, 1.165) is 16.9 Å². The van der Waals surface area contributed by atoms with Crippen LogP contribution in [0.2, 0.25) is 5.02 Å². The summed E-state index contributed by atoms with van der Waals surface area (Å²) in [5.41, 5.74) is 2.46. The van der Waals surface area contributed by atoms with E-state index >= 15 is 0 Å². The van der Waals surface area contributed by atoms with Crippen molar-refractivity contribution in [2.24, 2.45) is 4.99 Å². The average molecular weight is 463 g/mol. The molecule has 0 saturated carbocycles. The van der Waals surface area contributed by atoms with Gasteiger partial charge in [-0.1, -0.05) is 11.6 Å². The van der Waals surface area contributed by atoms with Crippen molar-refractivity contribution < 1.29 is 19.0 Å². The number of amidine groups is 1. The Morgan fingerprint density at radius 1 is 0.939 bits per heavy atom. The minimum absolute atomic E-state index is 0.248. The second-order valence-electron chi connectivity index (χ2n) is 7.15. The highest BCUT2D eigenvalue weighted by molar-refractivity contribution is 6.34. The molecule has 0 aliphatic carbocycles. The van der Waals surface area contributed by atoms with Crippen LogP contribution in [0.1, 0.15) is 18.1 Å². The van der Waals surface area contributed by atoms with Gasteiger partial charge in [0.1, 0.15) is 28.8 Å². The van der Waals surface area contributed by atoms with Crippen LogP contribution >= 0.6 is 11.6 Å². The molecule has 3 aromatic rings. The molecule has 33 heavy (non-hydrogen) atoms. The fraction of sp³-hybridized carbons (Fsp3) is 0.154. The van der Waals surface area contributed by atoms with Gasteiger partial charge < -0.3 is 14.2 Å². The number of carbonyl (C=O) groups is 1. The van der Waals surface area contributed by atoms with Gasteiger partial charge in [0.2, 0.25) is 0 Å². The Morgan fingerprint density at radius 3 is 2.27 bits per heavy atom. The van der Waals surface area contributed by atoms with Gasteiger partial charge in [-0.3, -0.25) is 9.69 Å². The molecule has 0 atom stereocenters. The molecule has 0 N–H and O–H groups in total. The van der Waals surface area contributed by atoms with E-state index in [4.69, 9.17) is 30.8 Å². The van der Waals surface area contributed by atoms with E-state index in [-0.39, 0.29) is 11.6 Å². The molecule has 0 aromatic heterocycles. The number of hydrogen-bond acceptors (Lipinski definition) is 5. The van der Waals surface area contributed by atoms with Crippen LogP contribution in [0.3, 0.4) is 0 Å². The van der Waals surface area contributed by atoms with Crippen LogP contribution < -0.4 is 19.1 Å². The number of methoxy groups -OCH3 is 2. The van der Waals surface area contributed by atoms with Gasteiger partial charge in [-0.05, 0) is 73.7 Å². The van der Waals surface area contributed by atoms with Crippen molar-refractivity contribution in [3.05, 3.63) is 88.6 Å². The molecule has 6 nitrogen and oxygen atoms in total. The van der Waals surface area contributed by atoms with Gasteiger partial charge >= 0.3 is 0 Å². The van der Waals surface area contributed by atoms with E-state index in [1.807, 2.05) is 55.5 Å². The zero-order valence-corrected chi connectivity index (χ0v) is 19.3. The zero-order chi connectivity index (χ0) is 23.4. The molecule has 1 aliphatic heterocycles. The molecule has 0 radical (unpaired) electrons. The van der Waals surface area contributed by atoms with Crippen molar-refractivity contribution in [1.29, 1.82) is 0 Å². The summed E-state index contributed by atoms with van der Waals surface area (Å²) in [6.45, 7) is 2.49. The van der Waals surface area contributed by atoms with E-state index < -0.39 is 0 Å². The number of anilines is 1. The van der Waals surface area contributed by atoms with Crippen molar-refractivity contribution >= 4 is 35.1 Å². The van der Waals surface area contributed by atoms with Crippen molar-refractivity contribution in [1.82, 2.24) is 0 Å². The second-order valence-corrected chi connectivity index (χ2v) is 7.58. The van der Waals surface area contributed by atoms with Crippen LogP contribution in [0, 0.1) is 0 Å². The number of amides is 1. The Kier molecular flexibility index (Phi) is 6.66. The number of carbonyl (C=O) groups excluding carboxylic acids is 1. The van der Waals surface area contributed by atoms with E-state index in [2.05, 4.69) is 0 Å². The summed E-state index contributed by atoms with van der Waals surface area (Å²) in [6, 6.07) is 20.0. The van der Waals surface area contributed by atoms with Crippen molar-refractivity contribution in [2.75, 3.05) is 25.7 Å². The van der Waals surface area contributed by atoms with Crippen LogP contribution in [-0.2, 0) is 4.79 Å². The Balaban J connectivity index is 1.79. The monoisotopic (exact) mass is 462 g/mol. The summed E-state index contributed by atoms with van der Waals surface area (Å²) in [6.07, 6.45) is 1.71. The zero-order valence-electron chi connectivity index (χ0n) is 18.5. The first-order valence-corrected chi connectivity index (χ1v) is 10.8. The smallest absolute Gasteiger partial charge is 0.282 e. The summed E-state index contributed by atoms with van der Waals surface area (Å²) in [5, 5.41) is 0.607. The topological polar surface area (TPSA) is 60.4 Å². The summed E-state index contributed by atoms with van der Waals surface area (Å²) in [4.78, 5) is 19.8. The van der Waals surface area contributed by atoms with Gasteiger partial charge in [-0.15, -0.1) is 0 Å². The molecular weight excluding hydrogens is 440 g/mol. The lowest BCUT2D eigenvalue weighted by Crippen LogP contribution is -2.32. The van der Waals surface area contributed by atoms with Crippen LogP contribution in [0.5, 0.6) is 17.2 Å². The van der Waals surface area contributed by atoms with Crippen molar-refractivity contribution in [3.8, 4) is 17.2 Å². The molecular formula is C26H23ClN2O4. The molecule has 0 unspecified atom stereocenters. The summed E-state index contributed by atoms with van der Waals surface area (Å²) < 4.78 is 16.3. The van der Waals surface area contributed by atoms with Gasteiger partial charge in [0.15, 0.2) is 0 Å².